The molecule has 5 rings (SSSR count). The Labute approximate surface area is 193 Å². The molecule has 3 aromatic rings. The molecule has 0 saturated carbocycles. The van der Waals surface area contributed by atoms with Gasteiger partial charge in [0.1, 0.15) is 21.3 Å². The van der Waals surface area contributed by atoms with E-state index >= 15 is 0 Å². The van der Waals surface area contributed by atoms with Gasteiger partial charge in [0.15, 0.2) is 0 Å². The van der Waals surface area contributed by atoms with Crippen LogP contribution in [0.2, 0.25) is 0 Å². The van der Waals surface area contributed by atoms with Gasteiger partial charge in [0, 0.05) is 12.8 Å². The number of aromatic nitrogens is 2. The topological polar surface area (TPSA) is 73.1 Å². The number of hydrogen-bond donors (Lipinski definition) is 0. The summed E-state index contributed by atoms with van der Waals surface area (Å²) < 4.78 is 13.5. The third kappa shape index (κ3) is 4.06. The van der Waals surface area contributed by atoms with E-state index in [-0.39, 0.29) is 29.0 Å². The Balaban J connectivity index is 1.55. The third-order valence-electron chi connectivity index (χ3n) is 5.25. The number of nitrogens with zero attached hydrogens (tertiary/aromatic N) is 3. The molecule has 2 aromatic heterocycles. The van der Waals surface area contributed by atoms with Crippen molar-refractivity contribution in [1.29, 1.82) is 0 Å². The first-order chi connectivity index (χ1) is 15.6. The number of ether oxygens (including phenoxy) is 2. The molecule has 162 valence electrons. The van der Waals surface area contributed by atoms with Gasteiger partial charge in [-0.3, -0.25) is 18.9 Å². The van der Waals surface area contributed by atoms with Gasteiger partial charge in [-0.05, 0) is 43.2 Å². The van der Waals surface area contributed by atoms with Gasteiger partial charge in [0.2, 0.25) is 5.88 Å². The predicted octanol–water partition coefficient (Wildman–Crippen LogP) is 3.87. The number of benzene rings is 1. The van der Waals surface area contributed by atoms with Crippen LogP contribution in [0.15, 0.2) is 64.4 Å². The predicted molar refractivity (Wildman–Crippen MR) is 127 cm³/mol. The standard InChI is InChI=1S/C23H19N3O4S2/c27-21-17(13-18-22(28)26(23(31)32-18)14-16-9-6-12-29-16)20(30-15-7-2-1-3-8-15)24-19-10-4-5-11-25(19)21/h1-5,7-8,10-11,13,16H,6,9,12,14H2/b18-13-. The quantitative estimate of drug-likeness (QED) is 0.418. The molecule has 0 aliphatic carbocycles. The molecule has 0 bridgehead atoms. The Bertz CT molecular complexity index is 1280. The molecule has 1 amide bonds. The van der Waals surface area contributed by atoms with Crippen molar-refractivity contribution < 1.29 is 14.3 Å². The Morgan fingerprint density at radius 1 is 1.19 bits per heavy atom. The van der Waals surface area contributed by atoms with Crippen molar-refractivity contribution in [2.45, 2.75) is 18.9 Å². The van der Waals surface area contributed by atoms with Crippen molar-refractivity contribution in [3.8, 4) is 11.6 Å². The second kappa shape index (κ2) is 8.85. The van der Waals surface area contributed by atoms with Gasteiger partial charge in [-0.2, -0.15) is 4.98 Å². The summed E-state index contributed by atoms with van der Waals surface area (Å²) in [7, 11) is 0. The summed E-state index contributed by atoms with van der Waals surface area (Å²) in [6, 6.07) is 14.4. The lowest BCUT2D eigenvalue weighted by atomic mass is 10.2. The number of carbonyl (C=O) groups is 1. The van der Waals surface area contributed by atoms with Gasteiger partial charge in [-0.1, -0.05) is 48.2 Å². The van der Waals surface area contributed by atoms with Crippen molar-refractivity contribution >= 4 is 45.9 Å². The first kappa shape index (κ1) is 20.9. The molecular weight excluding hydrogens is 446 g/mol. The molecule has 0 spiro atoms. The van der Waals surface area contributed by atoms with Gasteiger partial charge in [0.25, 0.3) is 11.5 Å². The van der Waals surface area contributed by atoms with E-state index in [1.165, 1.54) is 22.2 Å². The van der Waals surface area contributed by atoms with Crippen molar-refractivity contribution in [1.82, 2.24) is 14.3 Å². The van der Waals surface area contributed by atoms with Crippen molar-refractivity contribution in [3.63, 3.8) is 0 Å². The molecule has 2 saturated heterocycles. The highest BCUT2D eigenvalue weighted by atomic mass is 32.2. The number of thioether (sulfide) groups is 1. The SMILES string of the molecule is O=C1/C(=C/c2c(Oc3ccccc3)nc3ccccn3c2=O)SC(=S)N1CC1CCCO1. The van der Waals surface area contributed by atoms with Crippen LogP contribution in [0, 0.1) is 0 Å². The van der Waals surface area contributed by atoms with Crippen molar-refractivity contribution in [2.24, 2.45) is 0 Å². The zero-order valence-electron chi connectivity index (χ0n) is 17.0. The van der Waals surface area contributed by atoms with Gasteiger partial charge in [-0.15, -0.1) is 0 Å². The summed E-state index contributed by atoms with van der Waals surface area (Å²) in [6.45, 7) is 1.12. The Hall–Kier alpha value is -3.01. The highest BCUT2D eigenvalue weighted by Crippen LogP contribution is 2.34. The fraction of sp³-hybridized carbons (Fsp3) is 0.217. The van der Waals surface area contributed by atoms with Gasteiger partial charge in [-0.25, -0.2) is 0 Å². The fourth-order valence-electron chi connectivity index (χ4n) is 3.66. The summed E-state index contributed by atoms with van der Waals surface area (Å²) in [4.78, 5) is 32.8. The highest BCUT2D eigenvalue weighted by molar-refractivity contribution is 8.26. The normalized spacial score (nSPS) is 19.9. The molecule has 1 aromatic carbocycles. The number of carbonyl (C=O) groups excluding carboxylic acids is 1. The zero-order chi connectivity index (χ0) is 22.1. The number of pyridine rings is 1. The number of amides is 1. The molecule has 2 aliphatic heterocycles. The fourth-order valence-corrected chi connectivity index (χ4v) is 4.92. The van der Waals surface area contributed by atoms with Crippen LogP contribution < -0.4 is 10.3 Å². The first-order valence-electron chi connectivity index (χ1n) is 10.2. The molecular formula is C23H19N3O4S2. The smallest absolute Gasteiger partial charge is 0.269 e. The highest BCUT2D eigenvalue weighted by Gasteiger charge is 2.35. The van der Waals surface area contributed by atoms with E-state index in [9.17, 15) is 9.59 Å². The molecule has 0 radical (unpaired) electrons. The van der Waals surface area contributed by atoms with Crippen LogP contribution in [0.4, 0.5) is 0 Å². The molecule has 7 nitrogen and oxygen atoms in total. The second-order valence-electron chi connectivity index (χ2n) is 7.41. The molecule has 9 heteroatoms. The van der Waals surface area contributed by atoms with Crippen molar-refractivity contribution in [2.75, 3.05) is 13.2 Å². The maximum Gasteiger partial charge on any atom is 0.269 e. The number of thiocarbonyl (C=S) groups is 1. The van der Waals surface area contributed by atoms with E-state index in [0.717, 1.165) is 12.8 Å². The van der Waals surface area contributed by atoms with E-state index in [1.54, 1.807) is 41.4 Å². The van der Waals surface area contributed by atoms with Gasteiger partial charge in [0.05, 0.1) is 17.6 Å². The largest absolute Gasteiger partial charge is 0.438 e. The van der Waals surface area contributed by atoms with Crippen LogP contribution in [0.1, 0.15) is 18.4 Å². The van der Waals surface area contributed by atoms with Crippen LogP contribution in [-0.4, -0.2) is 43.8 Å². The maximum atomic E-state index is 13.3. The summed E-state index contributed by atoms with van der Waals surface area (Å²) in [5, 5.41) is 0. The van der Waals surface area contributed by atoms with E-state index in [1.807, 2.05) is 18.2 Å². The number of rotatable bonds is 5. The van der Waals surface area contributed by atoms with Crippen LogP contribution in [0.25, 0.3) is 11.7 Å². The summed E-state index contributed by atoms with van der Waals surface area (Å²) in [5.74, 6) is 0.441. The van der Waals surface area contributed by atoms with Crippen molar-refractivity contribution in [3.05, 3.63) is 75.6 Å². The second-order valence-corrected chi connectivity index (χ2v) is 9.08. The molecule has 1 atom stereocenters. The van der Waals surface area contributed by atoms with Crippen LogP contribution in [-0.2, 0) is 9.53 Å². The Kier molecular flexibility index (Phi) is 5.77. The van der Waals surface area contributed by atoms with Crippen LogP contribution in [0.5, 0.6) is 11.6 Å². The zero-order valence-corrected chi connectivity index (χ0v) is 18.6. The van der Waals surface area contributed by atoms with E-state index in [2.05, 4.69) is 4.98 Å². The minimum atomic E-state index is -0.328. The lowest BCUT2D eigenvalue weighted by Gasteiger charge is -2.18. The van der Waals surface area contributed by atoms with Crippen LogP contribution >= 0.6 is 24.0 Å². The van der Waals surface area contributed by atoms with E-state index in [4.69, 9.17) is 21.7 Å². The Morgan fingerprint density at radius 3 is 2.78 bits per heavy atom. The molecule has 0 N–H and O–H groups in total. The summed E-state index contributed by atoms with van der Waals surface area (Å²) in [5.41, 5.74) is 0.313. The molecule has 1 unspecified atom stereocenters. The lowest BCUT2D eigenvalue weighted by Crippen LogP contribution is -2.35. The minimum Gasteiger partial charge on any atom is -0.438 e. The lowest BCUT2D eigenvalue weighted by molar-refractivity contribution is -0.123. The van der Waals surface area contributed by atoms with Crippen LogP contribution in [0.3, 0.4) is 0 Å². The first-order valence-corrected chi connectivity index (χ1v) is 11.4. The molecule has 2 fully saturated rings. The number of fused-ring (bicyclic) bond motifs is 1. The number of hydrogen-bond acceptors (Lipinski definition) is 7. The average molecular weight is 466 g/mol. The monoisotopic (exact) mass is 465 g/mol. The Morgan fingerprint density at radius 2 is 2.00 bits per heavy atom. The maximum absolute atomic E-state index is 13.3. The van der Waals surface area contributed by atoms with E-state index < -0.39 is 0 Å². The van der Waals surface area contributed by atoms with Gasteiger partial charge >= 0.3 is 0 Å². The molecule has 32 heavy (non-hydrogen) atoms. The number of para-hydroxylation sites is 1. The van der Waals surface area contributed by atoms with Gasteiger partial charge < -0.3 is 9.47 Å². The van der Waals surface area contributed by atoms with E-state index in [0.29, 0.717) is 33.8 Å². The summed E-state index contributed by atoms with van der Waals surface area (Å²) in [6.07, 6.45) is 5.04. The average Bonchev–Trinajstić information content (AvgIpc) is 3.41. The summed E-state index contributed by atoms with van der Waals surface area (Å²) >= 11 is 6.61. The molecule has 4 heterocycles. The minimum absolute atomic E-state index is 0.0122. The molecule has 2 aliphatic rings. The third-order valence-corrected chi connectivity index (χ3v) is 6.63.